The number of hydrogen-bond acceptors (Lipinski definition) is 12. The Labute approximate surface area is 231 Å². The first-order chi connectivity index (χ1) is 18.7. The van der Waals surface area contributed by atoms with Crippen LogP contribution in [0.2, 0.25) is 0 Å². The molecule has 234 valence electrons. The van der Waals surface area contributed by atoms with Crippen molar-refractivity contribution in [2.75, 3.05) is 161 Å². The summed E-state index contributed by atoms with van der Waals surface area (Å²) in [7, 11) is 6.60. The second-order valence-electron chi connectivity index (χ2n) is 7.04. The van der Waals surface area contributed by atoms with Gasteiger partial charge >= 0.3 is 0 Å². The van der Waals surface area contributed by atoms with Crippen LogP contribution in [0.4, 0.5) is 0 Å². The van der Waals surface area contributed by atoms with E-state index in [1.807, 2.05) is 13.8 Å². The van der Waals surface area contributed by atoms with Gasteiger partial charge in [0.2, 0.25) is 0 Å². The third kappa shape index (κ3) is 52.0. The summed E-state index contributed by atoms with van der Waals surface area (Å²) in [6.45, 7) is 16.8. The Morgan fingerprint density at radius 3 is 0.553 bits per heavy atom. The monoisotopic (exact) mass is 562 g/mol. The quantitative estimate of drug-likeness (QED) is 0.124. The maximum absolute atomic E-state index is 5.26. The van der Waals surface area contributed by atoms with Crippen LogP contribution in [-0.4, -0.2) is 161 Å². The van der Waals surface area contributed by atoms with E-state index in [2.05, 4.69) is 0 Å². The molecule has 12 nitrogen and oxygen atoms in total. The van der Waals surface area contributed by atoms with E-state index in [-0.39, 0.29) is 0 Å². The van der Waals surface area contributed by atoms with Crippen LogP contribution in [0.1, 0.15) is 13.8 Å². The van der Waals surface area contributed by atoms with Crippen LogP contribution >= 0.6 is 0 Å². The van der Waals surface area contributed by atoms with Gasteiger partial charge in [-0.15, -0.1) is 0 Å². The van der Waals surface area contributed by atoms with Gasteiger partial charge in [-0.2, -0.15) is 0 Å². The largest absolute Gasteiger partial charge is 0.382 e. The standard InChI is InChI=1S/C10H22O5.C8H18O4.C8H18O3/c1-11-3-5-13-7-9-15-10-8-14-6-4-12-2;1-9-3-5-11-7-8-12-6-4-10-2;1-3-9-5-7-11-8-6-10-4-2/h3-10H2,1-2H3;3-8H2,1-2H3;3-8H2,1-2H3. The molecule has 0 unspecified atom stereocenters. The zero-order valence-electron chi connectivity index (χ0n) is 25.0. The molecule has 0 aromatic rings. The van der Waals surface area contributed by atoms with E-state index in [4.69, 9.17) is 56.8 Å². The molecule has 0 rings (SSSR count). The van der Waals surface area contributed by atoms with Gasteiger partial charge in [-0.1, -0.05) is 0 Å². The first kappa shape index (κ1) is 42.0. The topological polar surface area (TPSA) is 111 Å². The van der Waals surface area contributed by atoms with Crippen LogP contribution in [0.15, 0.2) is 0 Å². The highest BCUT2D eigenvalue weighted by Gasteiger charge is 1.92. The van der Waals surface area contributed by atoms with E-state index >= 15 is 0 Å². The van der Waals surface area contributed by atoms with E-state index in [1.165, 1.54) is 0 Å². The average molecular weight is 563 g/mol. The van der Waals surface area contributed by atoms with Gasteiger partial charge < -0.3 is 56.8 Å². The lowest BCUT2D eigenvalue weighted by Gasteiger charge is -2.06. The Balaban J connectivity index is -0.000000491. The van der Waals surface area contributed by atoms with Crippen molar-refractivity contribution in [3.05, 3.63) is 0 Å². The van der Waals surface area contributed by atoms with Crippen molar-refractivity contribution in [1.82, 2.24) is 0 Å². The predicted molar refractivity (Wildman–Crippen MR) is 145 cm³/mol. The third-order valence-corrected chi connectivity index (χ3v) is 4.00. The molecule has 0 aromatic heterocycles. The molecule has 0 spiro atoms. The average Bonchev–Trinajstić information content (AvgIpc) is 2.93. The van der Waals surface area contributed by atoms with E-state index in [1.54, 1.807) is 28.4 Å². The minimum Gasteiger partial charge on any atom is -0.382 e. The van der Waals surface area contributed by atoms with Crippen molar-refractivity contribution in [2.24, 2.45) is 0 Å². The molecule has 0 saturated carbocycles. The fraction of sp³-hybridized carbons (Fsp3) is 1.00. The number of ether oxygens (including phenoxy) is 12. The molecular weight excluding hydrogens is 504 g/mol. The van der Waals surface area contributed by atoms with Crippen LogP contribution in [-0.2, 0) is 56.8 Å². The molecule has 0 aliphatic carbocycles. The van der Waals surface area contributed by atoms with Gasteiger partial charge in [0, 0.05) is 41.7 Å². The normalized spacial score (nSPS) is 10.6. The molecule has 0 aliphatic heterocycles. The van der Waals surface area contributed by atoms with Crippen molar-refractivity contribution in [3.63, 3.8) is 0 Å². The molecule has 0 atom stereocenters. The molecule has 0 heterocycles. The Bertz CT molecular complexity index is 324. The Morgan fingerprint density at radius 2 is 0.395 bits per heavy atom. The van der Waals surface area contributed by atoms with Crippen molar-refractivity contribution >= 4 is 0 Å². The Hall–Kier alpha value is -0.480. The van der Waals surface area contributed by atoms with Gasteiger partial charge in [0.15, 0.2) is 0 Å². The fourth-order valence-electron chi connectivity index (χ4n) is 2.06. The SMILES string of the molecule is CCOCCOCCOCC.COCCOCCOCCOC.COCCOCCOCCOCCOC. The Morgan fingerprint density at radius 1 is 0.237 bits per heavy atom. The van der Waals surface area contributed by atoms with E-state index in [0.29, 0.717) is 119 Å². The van der Waals surface area contributed by atoms with Crippen LogP contribution < -0.4 is 0 Å². The first-order valence-electron chi connectivity index (χ1n) is 13.3. The number of methoxy groups -OCH3 is 4. The van der Waals surface area contributed by atoms with Crippen molar-refractivity contribution in [2.45, 2.75) is 13.8 Å². The highest BCUT2D eigenvalue weighted by molar-refractivity contribution is 4.35. The molecule has 0 fully saturated rings. The zero-order chi connectivity index (χ0) is 28.6. The van der Waals surface area contributed by atoms with Gasteiger partial charge in [0.1, 0.15) is 0 Å². The highest BCUT2D eigenvalue weighted by atomic mass is 16.6. The summed E-state index contributed by atoms with van der Waals surface area (Å²) in [5.74, 6) is 0. The van der Waals surface area contributed by atoms with Crippen molar-refractivity contribution < 1.29 is 56.8 Å². The molecule has 0 aliphatic rings. The second-order valence-corrected chi connectivity index (χ2v) is 7.04. The summed E-state index contributed by atoms with van der Waals surface area (Å²) in [6, 6.07) is 0. The summed E-state index contributed by atoms with van der Waals surface area (Å²) in [5.41, 5.74) is 0. The zero-order valence-corrected chi connectivity index (χ0v) is 25.0. The minimum atomic E-state index is 0.595. The predicted octanol–water partition coefficient (Wildman–Crippen LogP) is 1.72. The van der Waals surface area contributed by atoms with Crippen LogP contribution in [0.3, 0.4) is 0 Å². The fourth-order valence-corrected chi connectivity index (χ4v) is 2.06. The molecule has 0 bridgehead atoms. The maximum atomic E-state index is 5.26. The van der Waals surface area contributed by atoms with Crippen LogP contribution in [0, 0.1) is 0 Å². The number of rotatable bonds is 29. The van der Waals surface area contributed by atoms with Crippen molar-refractivity contribution in [1.29, 1.82) is 0 Å². The lowest BCUT2D eigenvalue weighted by Crippen LogP contribution is -2.12. The summed E-state index contributed by atoms with van der Waals surface area (Å²) in [6.07, 6.45) is 0. The Kier molecular flexibility index (Phi) is 51.3. The van der Waals surface area contributed by atoms with E-state index in [9.17, 15) is 0 Å². The van der Waals surface area contributed by atoms with Gasteiger partial charge in [-0.3, -0.25) is 0 Å². The lowest BCUT2D eigenvalue weighted by molar-refractivity contribution is -0.00380. The first-order valence-corrected chi connectivity index (χ1v) is 13.3. The summed E-state index contributed by atoms with van der Waals surface area (Å²) < 4.78 is 60.6. The lowest BCUT2D eigenvalue weighted by atomic mass is 10.7. The summed E-state index contributed by atoms with van der Waals surface area (Å²) >= 11 is 0. The van der Waals surface area contributed by atoms with Gasteiger partial charge in [0.05, 0.1) is 119 Å². The molecule has 0 N–H and O–H groups in total. The molecular formula is C26H58O12. The maximum Gasteiger partial charge on any atom is 0.0701 e. The molecule has 0 saturated heterocycles. The van der Waals surface area contributed by atoms with E-state index < -0.39 is 0 Å². The molecule has 0 aromatic carbocycles. The molecule has 12 heteroatoms. The van der Waals surface area contributed by atoms with Crippen LogP contribution in [0.5, 0.6) is 0 Å². The minimum absolute atomic E-state index is 0.595. The summed E-state index contributed by atoms with van der Waals surface area (Å²) in [4.78, 5) is 0. The van der Waals surface area contributed by atoms with Gasteiger partial charge in [0.25, 0.3) is 0 Å². The summed E-state index contributed by atoms with van der Waals surface area (Å²) in [5, 5.41) is 0. The molecule has 0 amide bonds. The third-order valence-electron chi connectivity index (χ3n) is 4.00. The number of hydrogen-bond donors (Lipinski definition) is 0. The van der Waals surface area contributed by atoms with E-state index in [0.717, 1.165) is 13.2 Å². The second kappa shape index (κ2) is 46.4. The highest BCUT2D eigenvalue weighted by Crippen LogP contribution is 1.83. The van der Waals surface area contributed by atoms with Gasteiger partial charge in [-0.25, -0.2) is 0 Å². The van der Waals surface area contributed by atoms with Gasteiger partial charge in [-0.05, 0) is 13.8 Å². The molecule has 0 radical (unpaired) electrons. The van der Waals surface area contributed by atoms with Crippen LogP contribution in [0.25, 0.3) is 0 Å². The van der Waals surface area contributed by atoms with Crippen molar-refractivity contribution in [3.8, 4) is 0 Å². The molecule has 38 heavy (non-hydrogen) atoms. The smallest absolute Gasteiger partial charge is 0.0701 e.